The maximum atomic E-state index is 14.5. The normalized spacial score (nSPS) is 23.3. The van der Waals surface area contributed by atoms with E-state index in [4.69, 9.17) is 15.5 Å². The summed E-state index contributed by atoms with van der Waals surface area (Å²) in [5.41, 5.74) is 7.27. The average molecular weight is 652 g/mol. The van der Waals surface area contributed by atoms with Gasteiger partial charge in [-0.25, -0.2) is 19.1 Å². The zero-order valence-electron chi connectivity index (χ0n) is 28.4. The number of nitrogens with zero attached hydrogens (tertiary/aromatic N) is 5. The van der Waals surface area contributed by atoms with Crippen LogP contribution in [0.25, 0.3) is 5.57 Å². The molecule has 2 N–H and O–H groups in total. The number of fused-ring (bicyclic) bond motifs is 2. The molecule has 0 spiro atoms. The molecule has 4 atom stereocenters. The third-order valence-electron chi connectivity index (χ3n) is 8.92. The zero-order valence-corrected chi connectivity index (χ0v) is 29.2. The fourth-order valence-electron chi connectivity index (χ4n) is 7.18. The van der Waals surface area contributed by atoms with Crippen molar-refractivity contribution in [2.75, 3.05) is 21.5 Å². The Kier molecular flexibility index (Phi) is 8.78. The van der Waals surface area contributed by atoms with Crippen LogP contribution in [0.5, 0.6) is 0 Å². The van der Waals surface area contributed by atoms with Crippen LogP contribution in [0.3, 0.4) is 0 Å². The number of aromatic nitrogens is 2. The second kappa shape index (κ2) is 11.9. The van der Waals surface area contributed by atoms with E-state index in [-0.39, 0.29) is 40.9 Å². The summed E-state index contributed by atoms with van der Waals surface area (Å²) in [6.07, 6.45) is 4.85. The van der Waals surface area contributed by atoms with E-state index in [2.05, 4.69) is 57.5 Å². The molecule has 2 fully saturated rings. The van der Waals surface area contributed by atoms with Crippen LogP contribution in [0.4, 0.5) is 22.2 Å². The lowest BCUT2D eigenvalue weighted by Gasteiger charge is -2.38. The lowest BCUT2D eigenvalue weighted by Crippen LogP contribution is -2.45. The molecule has 2 amide bonds. The van der Waals surface area contributed by atoms with Gasteiger partial charge in [0.1, 0.15) is 23.1 Å². The summed E-state index contributed by atoms with van der Waals surface area (Å²) in [5.74, 6) is 0.0220. The maximum absolute atomic E-state index is 14.5. The lowest BCUT2D eigenvalue weighted by molar-refractivity contribution is 0.0175. The van der Waals surface area contributed by atoms with Gasteiger partial charge in [-0.05, 0) is 90.0 Å². The molecule has 250 valence electrons. The van der Waals surface area contributed by atoms with Crippen molar-refractivity contribution < 1.29 is 23.1 Å². The minimum Gasteiger partial charge on any atom is -0.755 e. The Morgan fingerprint density at radius 2 is 1.83 bits per heavy atom. The number of pyridine rings is 2. The Morgan fingerprint density at radius 3 is 2.37 bits per heavy atom. The third kappa shape index (κ3) is 6.64. The second-order valence-electron chi connectivity index (χ2n) is 15.6. The van der Waals surface area contributed by atoms with E-state index in [1.165, 1.54) is 12.1 Å². The van der Waals surface area contributed by atoms with Gasteiger partial charge in [0.25, 0.3) is 5.91 Å². The van der Waals surface area contributed by atoms with Gasteiger partial charge < -0.3 is 19.9 Å². The topological polar surface area (TPSA) is 145 Å². The molecule has 2 aromatic rings. The summed E-state index contributed by atoms with van der Waals surface area (Å²) in [5, 5.41) is 0. The number of amides is 2. The molecule has 12 heteroatoms. The first-order chi connectivity index (χ1) is 21.3. The molecular formula is C34H47N6O5S-. The molecule has 2 saturated heterocycles. The highest BCUT2D eigenvalue weighted by Gasteiger charge is 2.44. The maximum Gasteiger partial charge on any atom is 0.411 e. The van der Waals surface area contributed by atoms with Crippen molar-refractivity contribution in [2.45, 2.75) is 117 Å². The minimum absolute atomic E-state index is 0.0630. The van der Waals surface area contributed by atoms with Gasteiger partial charge in [0.2, 0.25) is 0 Å². The molecule has 0 saturated carbocycles. The number of rotatable bonds is 5. The molecule has 11 nitrogen and oxygen atoms in total. The van der Waals surface area contributed by atoms with Gasteiger partial charge in [-0.1, -0.05) is 39.8 Å². The highest BCUT2D eigenvalue weighted by atomic mass is 32.2. The first kappa shape index (κ1) is 33.8. The Hall–Kier alpha value is -3.51. The molecule has 0 aliphatic carbocycles. The Bertz CT molecular complexity index is 1590. The van der Waals surface area contributed by atoms with Crippen LogP contribution >= 0.6 is 0 Å². The fourth-order valence-corrected chi connectivity index (χ4v) is 7.67. The van der Waals surface area contributed by atoms with Crippen molar-refractivity contribution in [3.05, 3.63) is 47.2 Å². The van der Waals surface area contributed by atoms with E-state index in [9.17, 15) is 18.4 Å². The van der Waals surface area contributed by atoms with Crippen molar-refractivity contribution in [2.24, 2.45) is 5.92 Å². The van der Waals surface area contributed by atoms with Gasteiger partial charge in [-0.15, -0.1) is 0 Å². The minimum atomic E-state index is -2.99. The van der Waals surface area contributed by atoms with Crippen LogP contribution in [-0.2, 0) is 21.4 Å². The predicted octanol–water partition coefficient (Wildman–Crippen LogP) is 5.98. The van der Waals surface area contributed by atoms with Crippen LogP contribution in [0.1, 0.15) is 110 Å². The average Bonchev–Trinajstić information content (AvgIpc) is 3.35. The SMILES string of the molecule is CC1CN(c2nc(C(C)(C)C)c(C3=CC4CCC(C3)N4C(=O)OC(C)(C)C)cc2C(=O)N(c2cccc(N)n2)S(=O)[O-])C(C)(C)C1. The predicted molar refractivity (Wildman–Crippen MR) is 180 cm³/mol. The number of hydrogen-bond donors (Lipinski definition) is 1. The molecule has 2 aromatic heterocycles. The van der Waals surface area contributed by atoms with Crippen molar-refractivity contribution >= 4 is 46.3 Å². The zero-order chi connectivity index (χ0) is 33.9. The number of carbonyl (C=O) groups is 2. The summed E-state index contributed by atoms with van der Waals surface area (Å²) in [7, 11) is 0. The van der Waals surface area contributed by atoms with Gasteiger partial charge >= 0.3 is 6.09 Å². The highest BCUT2D eigenvalue weighted by Crippen LogP contribution is 2.45. The summed E-state index contributed by atoms with van der Waals surface area (Å²) in [6.45, 7) is 18.9. The number of nitrogens with two attached hydrogens (primary N) is 1. The molecule has 5 heterocycles. The summed E-state index contributed by atoms with van der Waals surface area (Å²) >= 11 is -2.99. The summed E-state index contributed by atoms with van der Waals surface area (Å²) in [4.78, 5) is 41.1. The molecule has 3 aliphatic heterocycles. The van der Waals surface area contributed by atoms with E-state index in [0.29, 0.717) is 29.0 Å². The molecule has 5 rings (SSSR count). The van der Waals surface area contributed by atoms with Crippen LogP contribution in [-0.4, -0.2) is 65.4 Å². The Balaban J connectivity index is 1.69. The molecule has 0 aromatic carbocycles. The molecule has 4 unspecified atom stereocenters. The summed E-state index contributed by atoms with van der Waals surface area (Å²) in [6, 6.07) is 6.12. The fraction of sp³-hybridized carbons (Fsp3) is 0.588. The third-order valence-corrected chi connectivity index (χ3v) is 9.57. The monoisotopic (exact) mass is 651 g/mol. The van der Waals surface area contributed by atoms with Crippen molar-refractivity contribution in [1.29, 1.82) is 0 Å². The van der Waals surface area contributed by atoms with E-state index in [0.717, 1.165) is 36.1 Å². The van der Waals surface area contributed by atoms with Gasteiger partial charge in [-0.3, -0.25) is 13.9 Å². The van der Waals surface area contributed by atoms with Crippen LogP contribution in [0.15, 0.2) is 30.3 Å². The van der Waals surface area contributed by atoms with E-state index in [1.807, 2.05) is 31.7 Å². The molecule has 0 radical (unpaired) electrons. The van der Waals surface area contributed by atoms with Crippen LogP contribution in [0, 0.1) is 5.92 Å². The van der Waals surface area contributed by atoms with Crippen molar-refractivity contribution in [1.82, 2.24) is 14.9 Å². The standard InChI is InChI=1S/C34H48N6O5S/c1-20-18-34(8,9)38(19-20)29-25(30(41)40(46(43)44)27-12-10-11-26(35)36-27)17-24(28(37-29)32(2,3)4)21-15-22-13-14-23(16-21)39(22)31(42)45-33(5,6)7/h10-12,15,17,20,22-23H,13-14,16,18-19H2,1-9H3,(H2,35,36)(H,43,44)/p-1. The van der Waals surface area contributed by atoms with Gasteiger partial charge in [0.05, 0.1) is 28.6 Å². The van der Waals surface area contributed by atoms with Crippen LogP contribution in [0.2, 0.25) is 0 Å². The Morgan fingerprint density at radius 1 is 1.13 bits per heavy atom. The highest BCUT2D eigenvalue weighted by molar-refractivity contribution is 7.81. The van der Waals surface area contributed by atoms with Crippen molar-refractivity contribution in [3.63, 3.8) is 0 Å². The number of nitrogen functional groups attached to an aromatic ring is 1. The number of carbonyl (C=O) groups excluding carboxylic acids is 2. The first-order valence-corrected chi connectivity index (χ1v) is 17.0. The second-order valence-corrected chi connectivity index (χ2v) is 16.4. The summed E-state index contributed by atoms with van der Waals surface area (Å²) < 4.78 is 31.7. The smallest absolute Gasteiger partial charge is 0.411 e. The number of anilines is 3. The van der Waals surface area contributed by atoms with E-state index in [1.54, 1.807) is 6.07 Å². The molecule has 3 aliphatic rings. The number of hydrogen-bond acceptors (Lipinski definition) is 9. The quantitative estimate of drug-likeness (QED) is 0.386. The van der Waals surface area contributed by atoms with E-state index >= 15 is 0 Å². The first-order valence-electron chi connectivity index (χ1n) is 16.0. The lowest BCUT2D eigenvalue weighted by atomic mass is 9.82. The van der Waals surface area contributed by atoms with Crippen LogP contribution < -0.4 is 14.9 Å². The molecular weight excluding hydrogens is 604 g/mol. The van der Waals surface area contributed by atoms with Gasteiger partial charge in [0.15, 0.2) is 0 Å². The van der Waals surface area contributed by atoms with E-state index < -0.39 is 28.2 Å². The van der Waals surface area contributed by atoms with Crippen molar-refractivity contribution in [3.8, 4) is 0 Å². The Labute approximate surface area is 275 Å². The van der Waals surface area contributed by atoms with Gasteiger partial charge in [0, 0.05) is 29.1 Å². The molecule has 2 bridgehead atoms. The van der Waals surface area contributed by atoms with Gasteiger partial charge in [-0.2, -0.15) is 0 Å². The number of ether oxygens (including phenoxy) is 1. The largest absolute Gasteiger partial charge is 0.755 e. The molecule has 46 heavy (non-hydrogen) atoms.